The lowest BCUT2D eigenvalue weighted by atomic mass is 9.99. The predicted molar refractivity (Wildman–Crippen MR) is 73.8 cm³/mol. The van der Waals surface area contributed by atoms with E-state index in [9.17, 15) is 5.11 Å². The zero-order valence-corrected chi connectivity index (χ0v) is 11.3. The van der Waals surface area contributed by atoms with Gasteiger partial charge in [-0.25, -0.2) is 0 Å². The van der Waals surface area contributed by atoms with Gasteiger partial charge in [0.25, 0.3) is 0 Å². The minimum atomic E-state index is -0.410. The van der Waals surface area contributed by atoms with Crippen LogP contribution in [0, 0.1) is 6.92 Å². The van der Waals surface area contributed by atoms with Crippen molar-refractivity contribution >= 4 is 22.9 Å². The van der Waals surface area contributed by atoms with Crippen LogP contribution in [0.3, 0.4) is 0 Å². The van der Waals surface area contributed by atoms with E-state index in [1.165, 1.54) is 5.56 Å². The monoisotopic (exact) mass is 266 g/mol. The van der Waals surface area contributed by atoms with Crippen LogP contribution >= 0.6 is 22.9 Å². The number of benzene rings is 1. The highest BCUT2D eigenvalue weighted by Gasteiger charge is 2.10. The van der Waals surface area contributed by atoms with Crippen LogP contribution in [0.15, 0.2) is 35.0 Å². The highest BCUT2D eigenvalue weighted by Crippen LogP contribution is 2.25. The Hall–Kier alpha value is -0.830. The molecule has 0 bridgehead atoms. The van der Waals surface area contributed by atoms with E-state index >= 15 is 0 Å². The Balaban J connectivity index is 2.01. The van der Waals surface area contributed by atoms with Crippen molar-refractivity contribution in [3.8, 4) is 0 Å². The molecule has 0 saturated carbocycles. The molecular formula is C14H15ClOS. The number of aliphatic hydroxyl groups excluding tert-OH is 1. The lowest BCUT2D eigenvalue weighted by molar-refractivity contribution is 0.167. The summed E-state index contributed by atoms with van der Waals surface area (Å²) < 4.78 is 0. The molecular weight excluding hydrogens is 252 g/mol. The molecule has 0 saturated heterocycles. The summed E-state index contributed by atoms with van der Waals surface area (Å²) in [5, 5.41) is 15.1. The van der Waals surface area contributed by atoms with Gasteiger partial charge in [0.15, 0.2) is 0 Å². The van der Waals surface area contributed by atoms with Crippen molar-refractivity contribution in [2.24, 2.45) is 0 Å². The third kappa shape index (κ3) is 3.32. The van der Waals surface area contributed by atoms with Gasteiger partial charge in [-0.15, -0.1) is 0 Å². The van der Waals surface area contributed by atoms with Crippen LogP contribution in [0.5, 0.6) is 0 Å². The minimum absolute atomic E-state index is 0.410. The molecule has 1 unspecified atom stereocenters. The zero-order chi connectivity index (χ0) is 12.3. The molecule has 1 nitrogen and oxygen atoms in total. The number of hydrogen-bond donors (Lipinski definition) is 1. The number of aryl methyl sites for hydroxylation is 2. The molecule has 0 amide bonds. The Bertz CT molecular complexity index is 479. The molecule has 1 aromatic heterocycles. The van der Waals surface area contributed by atoms with E-state index in [1.54, 1.807) is 11.3 Å². The molecule has 2 rings (SSSR count). The maximum Gasteiger partial charge on any atom is 0.0795 e. The average Bonchev–Trinajstić information content (AvgIpc) is 2.78. The Morgan fingerprint density at radius 3 is 2.82 bits per heavy atom. The van der Waals surface area contributed by atoms with Crippen LogP contribution < -0.4 is 0 Å². The van der Waals surface area contributed by atoms with Crippen LogP contribution in [0.1, 0.15) is 29.2 Å². The third-order valence-corrected chi connectivity index (χ3v) is 3.84. The number of hydrogen-bond acceptors (Lipinski definition) is 2. The summed E-state index contributed by atoms with van der Waals surface area (Å²) in [5.41, 5.74) is 3.32. The van der Waals surface area contributed by atoms with Crippen molar-refractivity contribution in [1.29, 1.82) is 0 Å². The van der Waals surface area contributed by atoms with Crippen LogP contribution in [-0.2, 0) is 6.42 Å². The molecule has 3 heteroatoms. The van der Waals surface area contributed by atoms with Crippen LogP contribution in [0.4, 0.5) is 0 Å². The fraction of sp³-hybridized carbons (Fsp3) is 0.286. The fourth-order valence-corrected chi connectivity index (χ4v) is 2.84. The zero-order valence-electron chi connectivity index (χ0n) is 9.69. The van der Waals surface area contributed by atoms with E-state index in [-0.39, 0.29) is 0 Å². The Morgan fingerprint density at radius 2 is 2.18 bits per heavy atom. The molecule has 0 spiro atoms. The summed E-state index contributed by atoms with van der Waals surface area (Å²) >= 11 is 7.59. The number of thiophene rings is 1. The van der Waals surface area contributed by atoms with Gasteiger partial charge >= 0.3 is 0 Å². The first kappa shape index (κ1) is 12.6. The first-order valence-electron chi connectivity index (χ1n) is 5.62. The van der Waals surface area contributed by atoms with Crippen molar-refractivity contribution in [1.82, 2.24) is 0 Å². The number of halogens is 1. The summed E-state index contributed by atoms with van der Waals surface area (Å²) in [6.45, 7) is 1.98. The highest BCUT2D eigenvalue weighted by atomic mass is 35.5. The van der Waals surface area contributed by atoms with E-state index in [0.717, 1.165) is 29.0 Å². The molecule has 17 heavy (non-hydrogen) atoms. The standard InChI is InChI=1S/C14H15ClOS/c1-10-8-12(15)3-4-13(10)14(16)5-2-11-6-7-17-9-11/h3-4,6-9,14,16H,2,5H2,1H3. The van der Waals surface area contributed by atoms with Gasteiger partial charge in [-0.1, -0.05) is 17.7 Å². The van der Waals surface area contributed by atoms with Crippen LogP contribution in [-0.4, -0.2) is 5.11 Å². The Morgan fingerprint density at radius 1 is 1.35 bits per heavy atom. The molecule has 0 fully saturated rings. The molecule has 1 aromatic carbocycles. The van der Waals surface area contributed by atoms with Gasteiger partial charge in [-0.2, -0.15) is 11.3 Å². The molecule has 2 aromatic rings. The molecule has 0 radical (unpaired) electrons. The van der Waals surface area contributed by atoms with E-state index in [0.29, 0.717) is 0 Å². The highest BCUT2D eigenvalue weighted by molar-refractivity contribution is 7.07. The Kier molecular flexibility index (Phi) is 4.21. The maximum atomic E-state index is 10.2. The quantitative estimate of drug-likeness (QED) is 0.871. The van der Waals surface area contributed by atoms with Gasteiger partial charge in [0, 0.05) is 5.02 Å². The minimum Gasteiger partial charge on any atom is -0.388 e. The first-order valence-corrected chi connectivity index (χ1v) is 6.94. The van der Waals surface area contributed by atoms with Crippen LogP contribution in [0.25, 0.3) is 0 Å². The van der Waals surface area contributed by atoms with Crippen LogP contribution in [0.2, 0.25) is 5.02 Å². The van der Waals surface area contributed by atoms with Gasteiger partial charge in [0.2, 0.25) is 0 Å². The summed E-state index contributed by atoms with van der Waals surface area (Å²) in [7, 11) is 0. The summed E-state index contributed by atoms with van der Waals surface area (Å²) in [6, 6.07) is 7.74. The molecule has 0 aliphatic carbocycles. The van der Waals surface area contributed by atoms with Crippen molar-refractivity contribution in [2.75, 3.05) is 0 Å². The average molecular weight is 267 g/mol. The Labute approximate surface area is 111 Å². The van der Waals surface area contributed by atoms with Crippen molar-refractivity contribution < 1.29 is 5.11 Å². The topological polar surface area (TPSA) is 20.2 Å². The van der Waals surface area contributed by atoms with Gasteiger partial charge < -0.3 is 5.11 Å². The molecule has 90 valence electrons. The smallest absolute Gasteiger partial charge is 0.0795 e. The van der Waals surface area contributed by atoms with Crippen molar-refractivity contribution in [3.05, 3.63) is 56.7 Å². The summed E-state index contributed by atoms with van der Waals surface area (Å²) in [4.78, 5) is 0. The first-order chi connectivity index (χ1) is 8.16. The van der Waals surface area contributed by atoms with E-state index in [1.807, 2.05) is 25.1 Å². The third-order valence-electron chi connectivity index (χ3n) is 2.88. The molecule has 0 aliphatic heterocycles. The van der Waals surface area contributed by atoms with E-state index in [4.69, 9.17) is 11.6 Å². The molecule has 1 N–H and O–H groups in total. The van der Waals surface area contributed by atoms with Gasteiger partial charge in [0.05, 0.1) is 6.10 Å². The van der Waals surface area contributed by atoms with E-state index < -0.39 is 6.10 Å². The van der Waals surface area contributed by atoms with Gasteiger partial charge in [-0.05, 0) is 65.4 Å². The lowest BCUT2D eigenvalue weighted by Crippen LogP contribution is -2.01. The SMILES string of the molecule is Cc1cc(Cl)ccc1C(O)CCc1ccsc1. The largest absolute Gasteiger partial charge is 0.388 e. The second-order valence-electron chi connectivity index (χ2n) is 4.19. The number of rotatable bonds is 4. The lowest BCUT2D eigenvalue weighted by Gasteiger charge is -2.13. The maximum absolute atomic E-state index is 10.2. The molecule has 1 atom stereocenters. The number of aliphatic hydroxyl groups is 1. The van der Waals surface area contributed by atoms with Crippen molar-refractivity contribution in [3.63, 3.8) is 0 Å². The summed E-state index contributed by atoms with van der Waals surface area (Å²) in [5.74, 6) is 0. The van der Waals surface area contributed by atoms with Gasteiger partial charge in [0.1, 0.15) is 0 Å². The van der Waals surface area contributed by atoms with Gasteiger partial charge in [-0.3, -0.25) is 0 Å². The van der Waals surface area contributed by atoms with Crippen molar-refractivity contribution in [2.45, 2.75) is 25.9 Å². The second kappa shape index (κ2) is 5.67. The predicted octanol–water partition coefficient (Wildman–Crippen LogP) is 4.38. The fourth-order valence-electron chi connectivity index (χ4n) is 1.91. The summed E-state index contributed by atoms with van der Waals surface area (Å²) in [6.07, 6.45) is 1.25. The normalized spacial score (nSPS) is 12.6. The van der Waals surface area contributed by atoms with E-state index in [2.05, 4.69) is 16.8 Å². The molecule has 0 aliphatic rings. The molecule has 1 heterocycles. The second-order valence-corrected chi connectivity index (χ2v) is 5.40.